The Bertz CT molecular complexity index is 496. The molecule has 2 aromatic rings. The lowest BCUT2D eigenvalue weighted by atomic mass is 10.2. The van der Waals surface area contributed by atoms with Crippen molar-refractivity contribution < 1.29 is 9.63 Å². The summed E-state index contributed by atoms with van der Waals surface area (Å²) in [6.45, 7) is 2.06. The Morgan fingerprint density at radius 3 is 2.94 bits per heavy atom. The SMILES string of the molecule is CCCc1noc(-c2ccc(I)c(O)c2)n1. The fourth-order valence-corrected chi connectivity index (χ4v) is 1.68. The minimum atomic E-state index is 0.230. The normalized spacial score (nSPS) is 10.6. The predicted molar refractivity (Wildman–Crippen MR) is 68.1 cm³/mol. The minimum absolute atomic E-state index is 0.230. The van der Waals surface area contributed by atoms with Crippen LogP contribution in [0.25, 0.3) is 11.5 Å². The average molecular weight is 330 g/mol. The molecular weight excluding hydrogens is 319 g/mol. The maximum atomic E-state index is 9.57. The van der Waals surface area contributed by atoms with Crippen LogP contribution in [0.5, 0.6) is 5.75 Å². The van der Waals surface area contributed by atoms with E-state index >= 15 is 0 Å². The Balaban J connectivity index is 2.31. The monoisotopic (exact) mass is 330 g/mol. The highest BCUT2D eigenvalue weighted by Gasteiger charge is 2.09. The maximum Gasteiger partial charge on any atom is 0.258 e. The number of benzene rings is 1. The zero-order valence-electron chi connectivity index (χ0n) is 8.77. The fraction of sp³-hybridized carbons (Fsp3) is 0.273. The summed E-state index contributed by atoms with van der Waals surface area (Å²) in [7, 11) is 0. The van der Waals surface area contributed by atoms with E-state index in [1.165, 1.54) is 0 Å². The number of hydrogen-bond donors (Lipinski definition) is 1. The molecule has 1 heterocycles. The van der Waals surface area contributed by atoms with Crippen LogP contribution in [0, 0.1) is 3.57 Å². The van der Waals surface area contributed by atoms with Gasteiger partial charge in [0.15, 0.2) is 5.82 Å². The van der Waals surface area contributed by atoms with Gasteiger partial charge in [0.2, 0.25) is 0 Å². The minimum Gasteiger partial charge on any atom is -0.507 e. The number of phenolic OH excluding ortho intramolecular Hbond substituents is 1. The number of nitrogens with zero attached hydrogens (tertiary/aromatic N) is 2. The van der Waals surface area contributed by atoms with E-state index < -0.39 is 0 Å². The molecule has 0 unspecified atom stereocenters. The molecule has 2 rings (SSSR count). The number of phenols is 1. The molecule has 0 aliphatic rings. The van der Waals surface area contributed by atoms with E-state index in [0.29, 0.717) is 11.7 Å². The molecule has 0 bridgehead atoms. The van der Waals surface area contributed by atoms with Gasteiger partial charge in [0.05, 0.1) is 3.57 Å². The van der Waals surface area contributed by atoms with Crippen LogP contribution < -0.4 is 0 Å². The van der Waals surface area contributed by atoms with Gasteiger partial charge in [-0.1, -0.05) is 12.1 Å². The number of hydrogen-bond acceptors (Lipinski definition) is 4. The van der Waals surface area contributed by atoms with Gasteiger partial charge in [-0.2, -0.15) is 4.98 Å². The molecule has 0 radical (unpaired) electrons. The van der Waals surface area contributed by atoms with E-state index in [1.54, 1.807) is 6.07 Å². The highest BCUT2D eigenvalue weighted by molar-refractivity contribution is 14.1. The largest absolute Gasteiger partial charge is 0.507 e. The summed E-state index contributed by atoms with van der Waals surface area (Å²) in [6.07, 6.45) is 1.79. The molecule has 0 fully saturated rings. The molecule has 4 nitrogen and oxygen atoms in total. The van der Waals surface area contributed by atoms with Crippen molar-refractivity contribution in [3.8, 4) is 17.2 Å². The Kier molecular flexibility index (Phi) is 3.42. The number of halogens is 1. The lowest BCUT2D eigenvalue weighted by molar-refractivity contribution is 0.421. The highest BCUT2D eigenvalue weighted by atomic mass is 127. The first kappa shape index (κ1) is 11.4. The van der Waals surface area contributed by atoms with Crippen molar-refractivity contribution >= 4 is 22.6 Å². The quantitative estimate of drug-likeness (QED) is 0.879. The summed E-state index contributed by atoms with van der Waals surface area (Å²) in [5, 5.41) is 13.4. The molecule has 84 valence electrons. The van der Waals surface area contributed by atoms with Crippen molar-refractivity contribution in [3.05, 3.63) is 27.6 Å². The van der Waals surface area contributed by atoms with Crippen LogP contribution in [0.15, 0.2) is 22.7 Å². The second-order valence-electron chi connectivity index (χ2n) is 3.43. The molecule has 5 heteroatoms. The number of aromatic nitrogens is 2. The third-order valence-electron chi connectivity index (χ3n) is 2.13. The third kappa shape index (κ3) is 2.34. The molecule has 0 amide bonds. The summed E-state index contributed by atoms with van der Waals surface area (Å²) >= 11 is 2.06. The van der Waals surface area contributed by atoms with Crippen molar-refractivity contribution in [2.45, 2.75) is 19.8 Å². The topological polar surface area (TPSA) is 59.2 Å². The first-order valence-corrected chi connectivity index (χ1v) is 6.10. The zero-order valence-corrected chi connectivity index (χ0v) is 10.9. The van der Waals surface area contributed by atoms with Gasteiger partial charge < -0.3 is 9.63 Å². The van der Waals surface area contributed by atoms with Crippen LogP contribution in [-0.2, 0) is 6.42 Å². The summed E-state index contributed by atoms with van der Waals surface area (Å²) in [5.74, 6) is 1.39. The van der Waals surface area contributed by atoms with Crippen molar-refractivity contribution in [3.63, 3.8) is 0 Å². The second kappa shape index (κ2) is 4.82. The van der Waals surface area contributed by atoms with Gasteiger partial charge in [0.1, 0.15) is 5.75 Å². The van der Waals surface area contributed by atoms with Crippen LogP contribution in [-0.4, -0.2) is 15.2 Å². The van der Waals surface area contributed by atoms with E-state index in [1.807, 2.05) is 12.1 Å². The van der Waals surface area contributed by atoms with Gasteiger partial charge in [0, 0.05) is 12.0 Å². The predicted octanol–water partition coefficient (Wildman–Crippen LogP) is 3.00. The smallest absolute Gasteiger partial charge is 0.258 e. The Morgan fingerprint density at radius 2 is 2.25 bits per heavy atom. The van der Waals surface area contributed by atoms with E-state index in [4.69, 9.17) is 4.52 Å². The summed E-state index contributed by atoms with van der Waals surface area (Å²) < 4.78 is 5.92. The molecule has 1 aromatic carbocycles. The van der Waals surface area contributed by atoms with Crippen LogP contribution in [0.2, 0.25) is 0 Å². The molecule has 0 atom stereocenters. The molecule has 1 N–H and O–H groups in total. The molecular formula is C11H11IN2O2. The lowest BCUT2D eigenvalue weighted by Crippen LogP contribution is -1.85. The lowest BCUT2D eigenvalue weighted by Gasteiger charge is -1.98. The van der Waals surface area contributed by atoms with Gasteiger partial charge in [-0.05, 0) is 47.2 Å². The van der Waals surface area contributed by atoms with Crippen LogP contribution in [0.3, 0.4) is 0 Å². The number of aryl methyl sites for hydroxylation is 1. The standard InChI is InChI=1S/C11H11IN2O2/c1-2-3-10-13-11(16-14-10)7-4-5-8(12)9(15)6-7/h4-6,15H,2-3H2,1H3. The number of rotatable bonds is 3. The molecule has 16 heavy (non-hydrogen) atoms. The summed E-state index contributed by atoms with van der Waals surface area (Å²) in [4.78, 5) is 4.25. The van der Waals surface area contributed by atoms with Gasteiger partial charge in [-0.3, -0.25) is 0 Å². The molecule has 0 spiro atoms. The van der Waals surface area contributed by atoms with Gasteiger partial charge >= 0.3 is 0 Å². The Hall–Kier alpha value is -1.11. The van der Waals surface area contributed by atoms with Crippen molar-refractivity contribution in [2.75, 3.05) is 0 Å². The Morgan fingerprint density at radius 1 is 1.44 bits per heavy atom. The average Bonchev–Trinajstić information content (AvgIpc) is 2.71. The molecule has 1 aromatic heterocycles. The zero-order chi connectivity index (χ0) is 11.5. The summed E-state index contributed by atoms with van der Waals surface area (Å²) in [6, 6.07) is 5.30. The highest BCUT2D eigenvalue weighted by Crippen LogP contribution is 2.26. The first-order chi connectivity index (χ1) is 7.70. The van der Waals surface area contributed by atoms with Crippen LogP contribution >= 0.6 is 22.6 Å². The third-order valence-corrected chi connectivity index (χ3v) is 3.05. The fourth-order valence-electron chi connectivity index (χ4n) is 1.34. The molecule has 0 saturated carbocycles. The number of aromatic hydroxyl groups is 1. The van der Waals surface area contributed by atoms with Crippen molar-refractivity contribution in [2.24, 2.45) is 0 Å². The molecule has 0 aliphatic heterocycles. The molecule has 0 saturated heterocycles. The molecule has 0 aliphatic carbocycles. The Labute approximate surface area is 107 Å². The van der Waals surface area contributed by atoms with E-state index in [2.05, 4.69) is 39.7 Å². The second-order valence-corrected chi connectivity index (χ2v) is 4.59. The van der Waals surface area contributed by atoms with Gasteiger partial charge in [-0.25, -0.2) is 0 Å². The van der Waals surface area contributed by atoms with Gasteiger partial charge in [-0.15, -0.1) is 0 Å². The first-order valence-electron chi connectivity index (χ1n) is 5.02. The van der Waals surface area contributed by atoms with Gasteiger partial charge in [0.25, 0.3) is 5.89 Å². The van der Waals surface area contributed by atoms with Crippen LogP contribution in [0.4, 0.5) is 0 Å². The van der Waals surface area contributed by atoms with E-state index in [9.17, 15) is 5.11 Å². The van der Waals surface area contributed by atoms with E-state index in [0.717, 1.165) is 22.0 Å². The van der Waals surface area contributed by atoms with Crippen molar-refractivity contribution in [1.82, 2.24) is 10.1 Å². The van der Waals surface area contributed by atoms with Crippen LogP contribution in [0.1, 0.15) is 19.2 Å². The van der Waals surface area contributed by atoms with Crippen molar-refractivity contribution in [1.29, 1.82) is 0 Å². The summed E-state index contributed by atoms with van der Waals surface area (Å²) in [5.41, 5.74) is 0.743. The maximum absolute atomic E-state index is 9.57. The van der Waals surface area contributed by atoms with E-state index in [-0.39, 0.29) is 5.75 Å².